The highest BCUT2D eigenvalue weighted by atomic mass is 35.5. The van der Waals surface area contributed by atoms with Crippen LogP contribution in [-0.2, 0) is 136 Å². The first-order valence-electron chi connectivity index (χ1n) is 39.9. The molecule has 0 aliphatic carbocycles. The van der Waals surface area contributed by atoms with Gasteiger partial charge >= 0.3 is 49.0 Å². The van der Waals surface area contributed by atoms with Crippen molar-refractivity contribution < 1.29 is 158 Å². The summed E-state index contributed by atoms with van der Waals surface area (Å²) in [5.74, 6) is -21.8. The number of hydrogen-bond donors (Lipinski definition) is 6. The Morgan fingerprint density at radius 1 is 0.356 bits per heavy atom. The summed E-state index contributed by atoms with van der Waals surface area (Å²) in [7, 11) is 0. The molecule has 8 heterocycles. The van der Waals surface area contributed by atoms with Crippen LogP contribution in [0.5, 0.6) is 0 Å². The number of aliphatic carboxylic acids is 1. The van der Waals surface area contributed by atoms with Gasteiger partial charge in [-0.25, -0.2) is 67.1 Å². The first kappa shape index (κ1) is 110. The van der Waals surface area contributed by atoms with Crippen LogP contribution in [-0.4, -0.2) is 188 Å². The number of carbonyl (C=O) groups is 7. The quantitative estimate of drug-likeness (QED) is 0.0249. The number of carboxylic acids is 1. The number of fused-ring (bicyclic) bond motifs is 4. The van der Waals surface area contributed by atoms with Crippen molar-refractivity contribution in [2.75, 3.05) is 26.2 Å². The van der Waals surface area contributed by atoms with Crippen molar-refractivity contribution in [3.63, 3.8) is 0 Å². The lowest BCUT2D eigenvalue weighted by molar-refractivity contribution is -0.149. The lowest BCUT2D eigenvalue weighted by Gasteiger charge is -2.30. The fourth-order valence-electron chi connectivity index (χ4n) is 13.3. The maximum absolute atomic E-state index is 14.2. The maximum atomic E-state index is 14.2. The Hall–Kier alpha value is -12.3. The number of carbonyl (C=O) groups excluding carboxylic acids is 6. The van der Waals surface area contributed by atoms with Gasteiger partial charge in [-0.2, -0.15) is 52.7 Å². The average molecular weight is 1980 g/mol. The van der Waals surface area contributed by atoms with Crippen LogP contribution >= 0.6 is 12.4 Å². The van der Waals surface area contributed by atoms with Crippen LogP contribution in [0.4, 0.5) is 120 Å². The fourth-order valence-corrected chi connectivity index (χ4v) is 13.3. The molecule has 4 atom stereocenters. The minimum absolute atomic E-state index is 0. The van der Waals surface area contributed by atoms with Gasteiger partial charge in [-0.1, -0.05) is 0 Å². The Morgan fingerprint density at radius 3 is 0.867 bits per heavy atom. The van der Waals surface area contributed by atoms with Crippen LogP contribution in [0.25, 0.3) is 0 Å². The SMILES string of the molecule is CC(C)(C)OC(=O)N[C@@H](CC(=O)N1CCn2c(nnc2C(F)(F)F)C1)Cc1cc(F)c(F)cc1F.CC(C)(C)OC(=O)N[C@@H](CC(=O)N1CCn2c(nnc2C(F)(F)F)C1)Cc1cc(F)c(F)cc1F.CC(C)(C)OC(=O)N[C@@H](CC(=O)O)Cc1cc(F)c(F)cc1F.Cl.FC(F)(F)c1nnc2n1CCNC2.N[C@@H](CC(=O)N1CCn2c(nnc2C(F)(F)F)C1)Cc1cc(F)c(F)cc1F. The zero-order valence-corrected chi connectivity index (χ0v) is 73.2. The van der Waals surface area contributed by atoms with Crippen LogP contribution < -0.4 is 27.0 Å². The van der Waals surface area contributed by atoms with E-state index in [0.29, 0.717) is 67.4 Å². The number of alkyl carbamates (subject to hydrolysis) is 3. The zero-order valence-electron chi connectivity index (χ0n) is 72.4. The Bertz CT molecular complexity index is 5360. The van der Waals surface area contributed by atoms with Gasteiger partial charge in [-0.15, -0.1) is 53.2 Å². The van der Waals surface area contributed by atoms with Crippen molar-refractivity contribution in [1.29, 1.82) is 0 Å². The molecule has 135 heavy (non-hydrogen) atoms. The van der Waals surface area contributed by atoms with Gasteiger partial charge in [0.15, 0.2) is 64.0 Å². The van der Waals surface area contributed by atoms with E-state index in [-0.39, 0.29) is 150 Å². The van der Waals surface area contributed by atoms with Gasteiger partial charge in [-0.05, 0) is 135 Å². The van der Waals surface area contributed by atoms with E-state index < -0.39 is 220 Å². The minimum Gasteiger partial charge on any atom is -0.481 e. The van der Waals surface area contributed by atoms with Crippen molar-refractivity contribution in [2.24, 2.45) is 5.73 Å². The molecule has 0 unspecified atom stereocenters. The largest absolute Gasteiger partial charge is 0.481 e. The van der Waals surface area contributed by atoms with Crippen molar-refractivity contribution in [3.8, 4) is 0 Å². The van der Waals surface area contributed by atoms with Crippen LogP contribution in [0.3, 0.4) is 0 Å². The van der Waals surface area contributed by atoms with E-state index in [1.165, 1.54) is 14.7 Å². The molecule has 8 aromatic rings. The molecule has 0 radical (unpaired) electrons. The second-order valence-corrected chi connectivity index (χ2v) is 33.2. The predicted octanol–water partition coefficient (Wildman–Crippen LogP) is 13.0. The Labute approximate surface area is 756 Å². The number of halogens is 25. The van der Waals surface area contributed by atoms with Crippen molar-refractivity contribution in [2.45, 2.75) is 232 Å². The van der Waals surface area contributed by atoms with E-state index >= 15 is 0 Å². The molecule has 4 aromatic heterocycles. The third-order valence-corrected chi connectivity index (χ3v) is 19.1. The lowest BCUT2D eigenvalue weighted by atomic mass is 10.0. The second-order valence-electron chi connectivity index (χ2n) is 33.2. The third kappa shape index (κ3) is 32.2. The Morgan fingerprint density at radius 2 is 0.600 bits per heavy atom. The predicted molar refractivity (Wildman–Crippen MR) is 419 cm³/mol. The van der Waals surface area contributed by atoms with Crippen LogP contribution in [0.1, 0.15) is 157 Å². The molecule has 56 heteroatoms. The topological polar surface area (TPSA) is 374 Å². The highest BCUT2D eigenvalue weighted by Gasteiger charge is 2.45. The van der Waals surface area contributed by atoms with Gasteiger partial charge in [0.25, 0.3) is 0 Å². The van der Waals surface area contributed by atoms with Crippen LogP contribution in [0, 0.1) is 69.8 Å². The summed E-state index contributed by atoms with van der Waals surface area (Å²) in [5, 5.41) is 45.4. The molecular formula is C79H87ClF24N20O11. The van der Waals surface area contributed by atoms with E-state index in [0.717, 1.165) is 18.3 Å². The number of ether oxygens (including phenoxy) is 3. The van der Waals surface area contributed by atoms with Gasteiger partial charge in [-0.3, -0.25) is 19.2 Å². The molecule has 31 nitrogen and oxygen atoms in total. The second kappa shape index (κ2) is 44.9. The summed E-state index contributed by atoms with van der Waals surface area (Å²) < 4.78 is 334. The van der Waals surface area contributed by atoms with Gasteiger partial charge in [0.2, 0.25) is 41.0 Å². The number of alkyl halides is 12. The zero-order chi connectivity index (χ0) is 100. The van der Waals surface area contributed by atoms with Crippen molar-refractivity contribution in [3.05, 3.63) is 187 Å². The van der Waals surface area contributed by atoms with E-state index in [9.17, 15) is 139 Å². The number of amides is 6. The van der Waals surface area contributed by atoms with Gasteiger partial charge in [0, 0.05) is 120 Å². The number of benzene rings is 4. The molecule has 4 aliphatic rings. The molecule has 744 valence electrons. The van der Waals surface area contributed by atoms with Crippen molar-refractivity contribution >= 4 is 54.4 Å². The molecule has 4 aromatic carbocycles. The number of carboxylic acid groups (broad SMARTS) is 1. The number of aromatic nitrogens is 12. The average Bonchev–Trinajstić information content (AvgIpc) is 1.66. The first-order valence-corrected chi connectivity index (χ1v) is 39.9. The van der Waals surface area contributed by atoms with Gasteiger partial charge in [0.05, 0.1) is 32.6 Å². The van der Waals surface area contributed by atoms with Crippen molar-refractivity contribution in [1.82, 2.24) is 95.0 Å². The molecule has 4 aliphatic heterocycles. The molecule has 0 saturated heterocycles. The normalized spacial score (nSPS) is 14.8. The van der Waals surface area contributed by atoms with E-state index in [1.54, 1.807) is 62.3 Å². The standard InChI is InChI=1S/2C21H23F6N5O3.C16H15F6N5O.C15H18F3NO4.C6H7F3N4.ClH/c2*1-20(2,3)35-19(34)28-12(6-11-7-14(23)15(24)9-13(11)22)8-17(33)31-4-5-32-16(10-31)29-30-18(32)21(25,26)27;17-10-6-12(19)11(18)4-8(10)3-9(23)5-14(28)26-1-2-27-13(7-26)24-25-15(27)16(20,21)22;1-15(2,3)23-14(22)19-9(6-13(20)21)4-8-5-11(17)12(18)7-10(8)16;7-6(8,9)5-12-11-4-3-10-1-2-13(4)5;/h2*7,9,12H,4-6,8,10H2,1-3H3,(H,28,34);4,6,9H,1-3,5,7,23H2;5,7,9H,4,6H2,1-3H3,(H,19,22)(H,20,21);10H,1-3H2;1H/t2*12-;2*9-;;/m1111../s1. The number of nitrogens with one attached hydrogen (secondary N) is 4. The van der Waals surface area contributed by atoms with E-state index in [4.69, 9.17) is 25.1 Å². The molecule has 0 bridgehead atoms. The maximum Gasteiger partial charge on any atom is 0.451 e. The summed E-state index contributed by atoms with van der Waals surface area (Å²) in [6.07, 6.45) is -24.1. The van der Waals surface area contributed by atoms with E-state index in [2.05, 4.69) is 62.1 Å². The molecule has 7 N–H and O–H groups in total. The Balaban J connectivity index is 0.000000236. The van der Waals surface area contributed by atoms with Crippen LogP contribution in [0.2, 0.25) is 0 Å². The molecular weight excluding hydrogens is 1900 g/mol. The lowest BCUT2D eigenvalue weighted by Crippen LogP contribution is -2.45. The summed E-state index contributed by atoms with van der Waals surface area (Å²) >= 11 is 0. The Kier molecular flexibility index (Phi) is 36.5. The summed E-state index contributed by atoms with van der Waals surface area (Å²) in [5.41, 5.74) is 2.24. The summed E-state index contributed by atoms with van der Waals surface area (Å²) in [4.78, 5) is 89.0. The molecule has 0 saturated carbocycles. The smallest absolute Gasteiger partial charge is 0.451 e. The number of nitrogens with two attached hydrogens (primary N) is 1. The highest BCUT2D eigenvalue weighted by Crippen LogP contribution is 2.35. The van der Waals surface area contributed by atoms with Gasteiger partial charge < -0.3 is 79.3 Å². The summed E-state index contributed by atoms with van der Waals surface area (Å²) in [6, 6.07) is -0.0805. The molecule has 6 amide bonds. The number of nitrogens with zero attached hydrogens (tertiary/aromatic N) is 15. The van der Waals surface area contributed by atoms with Gasteiger partial charge in [0.1, 0.15) is 45.9 Å². The van der Waals surface area contributed by atoms with E-state index in [1.807, 2.05) is 0 Å². The first-order chi connectivity index (χ1) is 61.9. The molecule has 0 spiro atoms. The monoisotopic (exact) mass is 1980 g/mol. The third-order valence-electron chi connectivity index (χ3n) is 19.1. The summed E-state index contributed by atoms with van der Waals surface area (Å²) in [6.45, 7) is 14.2. The molecule has 12 rings (SSSR count). The highest BCUT2D eigenvalue weighted by molar-refractivity contribution is 5.85. The number of rotatable bonds is 19. The number of hydrogen-bond acceptors (Lipinski definition) is 20. The van der Waals surface area contributed by atoms with Crippen LogP contribution in [0.15, 0.2) is 48.5 Å². The minimum atomic E-state index is -4.70. The fraction of sp³-hybridized carbons (Fsp3) is 0.506. The molecule has 0 fully saturated rings.